The molecule has 0 bridgehead atoms. The van der Waals surface area contributed by atoms with Crippen LogP contribution in [-0.2, 0) is 6.54 Å². The molecule has 4 heteroatoms. The number of benzene rings is 1. The molecule has 0 spiro atoms. The monoisotopic (exact) mass is 191 g/mol. The molecule has 1 rings (SSSR count). The molecule has 0 radical (unpaired) electrons. The second kappa shape index (κ2) is 3.83. The fraction of sp³-hybridized carbons (Fsp3) is 0.250. The van der Waals surface area contributed by atoms with E-state index in [9.17, 15) is 8.78 Å². The maximum absolute atomic E-state index is 13.0. The van der Waals surface area contributed by atoms with E-state index in [-0.39, 0.29) is 17.1 Å². The lowest BCUT2D eigenvalue weighted by molar-refractivity contribution is 0.496. The van der Waals surface area contributed by atoms with Crippen LogP contribution < -0.4 is 5.32 Å². The zero-order valence-electron chi connectivity index (χ0n) is 6.50. The molecule has 0 unspecified atom stereocenters. The predicted molar refractivity (Wildman–Crippen MR) is 44.1 cm³/mol. The maximum Gasteiger partial charge on any atom is 0.164 e. The zero-order valence-corrected chi connectivity index (χ0v) is 7.25. The van der Waals surface area contributed by atoms with E-state index in [2.05, 4.69) is 5.32 Å². The van der Waals surface area contributed by atoms with Crippen LogP contribution in [0.1, 0.15) is 5.56 Å². The predicted octanol–water partition coefficient (Wildman–Crippen LogP) is 2.34. The van der Waals surface area contributed by atoms with Gasteiger partial charge in [0.1, 0.15) is 0 Å². The molecule has 0 aliphatic heterocycles. The number of halogens is 3. The third kappa shape index (κ3) is 1.73. The summed E-state index contributed by atoms with van der Waals surface area (Å²) >= 11 is 5.63. The van der Waals surface area contributed by atoms with Crippen molar-refractivity contribution in [3.8, 4) is 0 Å². The Kier molecular flexibility index (Phi) is 3.00. The van der Waals surface area contributed by atoms with Crippen molar-refractivity contribution in [1.82, 2.24) is 5.32 Å². The molecular weight excluding hydrogens is 184 g/mol. The average Bonchev–Trinajstić information content (AvgIpc) is 2.06. The molecule has 0 fully saturated rings. The number of rotatable bonds is 2. The van der Waals surface area contributed by atoms with Gasteiger partial charge in [-0.05, 0) is 19.2 Å². The summed E-state index contributed by atoms with van der Waals surface area (Å²) in [5.41, 5.74) is 0.166. The number of nitrogens with one attached hydrogen (secondary N) is 1. The van der Waals surface area contributed by atoms with Crippen LogP contribution in [0.15, 0.2) is 12.1 Å². The van der Waals surface area contributed by atoms with Crippen LogP contribution in [0.4, 0.5) is 8.78 Å². The van der Waals surface area contributed by atoms with Gasteiger partial charge >= 0.3 is 0 Å². The van der Waals surface area contributed by atoms with Crippen molar-refractivity contribution >= 4 is 11.6 Å². The van der Waals surface area contributed by atoms with E-state index in [4.69, 9.17) is 11.6 Å². The molecule has 0 aliphatic rings. The lowest BCUT2D eigenvalue weighted by Crippen LogP contribution is -2.08. The van der Waals surface area contributed by atoms with Crippen LogP contribution in [0.2, 0.25) is 5.02 Å². The van der Waals surface area contributed by atoms with Crippen LogP contribution in [0.3, 0.4) is 0 Å². The molecule has 0 saturated heterocycles. The molecule has 0 atom stereocenters. The Bertz CT molecular complexity index is 289. The summed E-state index contributed by atoms with van der Waals surface area (Å²) in [6.07, 6.45) is 0. The minimum Gasteiger partial charge on any atom is -0.316 e. The summed E-state index contributed by atoms with van der Waals surface area (Å²) in [5, 5.41) is 2.94. The van der Waals surface area contributed by atoms with Crippen molar-refractivity contribution < 1.29 is 8.78 Å². The van der Waals surface area contributed by atoms with Gasteiger partial charge in [0.05, 0.1) is 0 Å². The lowest BCUT2D eigenvalue weighted by Gasteiger charge is -2.04. The Morgan fingerprint density at radius 2 is 2.08 bits per heavy atom. The van der Waals surface area contributed by atoms with Crippen molar-refractivity contribution in [2.24, 2.45) is 0 Å². The van der Waals surface area contributed by atoms with Crippen molar-refractivity contribution in [3.05, 3.63) is 34.4 Å². The number of hydrogen-bond acceptors (Lipinski definition) is 1. The normalized spacial score (nSPS) is 10.3. The molecule has 0 heterocycles. The van der Waals surface area contributed by atoms with Gasteiger partial charge in [0.25, 0.3) is 0 Å². The highest BCUT2D eigenvalue weighted by Gasteiger charge is 2.10. The van der Waals surface area contributed by atoms with Gasteiger partial charge in [0.2, 0.25) is 0 Å². The van der Waals surface area contributed by atoms with E-state index < -0.39 is 11.6 Å². The lowest BCUT2D eigenvalue weighted by atomic mass is 10.2. The van der Waals surface area contributed by atoms with E-state index in [1.54, 1.807) is 7.05 Å². The Morgan fingerprint density at radius 1 is 1.42 bits per heavy atom. The summed E-state index contributed by atoms with van der Waals surface area (Å²) in [5.74, 6) is -1.75. The van der Waals surface area contributed by atoms with Crippen LogP contribution >= 0.6 is 11.6 Å². The molecule has 12 heavy (non-hydrogen) atoms. The molecule has 0 amide bonds. The largest absolute Gasteiger partial charge is 0.316 e. The van der Waals surface area contributed by atoms with Gasteiger partial charge in [-0.25, -0.2) is 8.78 Å². The van der Waals surface area contributed by atoms with E-state index in [1.807, 2.05) is 0 Å². The van der Waals surface area contributed by atoms with Crippen molar-refractivity contribution in [2.45, 2.75) is 6.54 Å². The standard InChI is InChI=1S/C8H8ClF2N/c1-12-4-5-6(9)2-3-7(10)8(5)11/h2-3,12H,4H2,1H3. The fourth-order valence-corrected chi connectivity index (χ4v) is 1.12. The summed E-state index contributed by atoms with van der Waals surface area (Å²) in [6, 6.07) is 2.35. The molecule has 0 aromatic heterocycles. The maximum atomic E-state index is 13.0. The Morgan fingerprint density at radius 3 is 2.67 bits per heavy atom. The summed E-state index contributed by atoms with van der Waals surface area (Å²) < 4.78 is 25.6. The van der Waals surface area contributed by atoms with Crippen LogP contribution in [0.5, 0.6) is 0 Å². The van der Waals surface area contributed by atoms with Gasteiger partial charge < -0.3 is 5.32 Å². The van der Waals surface area contributed by atoms with E-state index >= 15 is 0 Å². The smallest absolute Gasteiger partial charge is 0.164 e. The van der Waals surface area contributed by atoms with Gasteiger partial charge in [-0.15, -0.1) is 0 Å². The molecule has 1 aromatic rings. The third-order valence-corrected chi connectivity index (χ3v) is 1.85. The first-order chi connectivity index (χ1) is 5.66. The number of hydrogen-bond donors (Lipinski definition) is 1. The first-order valence-corrected chi connectivity index (χ1v) is 3.81. The van der Waals surface area contributed by atoms with Gasteiger partial charge in [-0.2, -0.15) is 0 Å². The van der Waals surface area contributed by atoms with Gasteiger partial charge in [-0.1, -0.05) is 11.6 Å². The van der Waals surface area contributed by atoms with Crippen molar-refractivity contribution in [3.63, 3.8) is 0 Å². The van der Waals surface area contributed by atoms with Crippen molar-refractivity contribution in [2.75, 3.05) is 7.05 Å². The fourth-order valence-electron chi connectivity index (χ4n) is 0.908. The molecule has 1 nitrogen and oxygen atoms in total. The summed E-state index contributed by atoms with van der Waals surface area (Å²) in [6.45, 7) is 0.225. The molecule has 1 aromatic carbocycles. The minimum absolute atomic E-state index is 0.166. The SMILES string of the molecule is CNCc1c(Cl)ccc(F)c1F. The first-order valence-electron chi connectivity index (χ1n) is 3.43. The molecule has 1 N–H and O–H groups in total. The van der Waals surface area contributed by atoms with Crippen molar-refractivity contribution in [1.29, 1.82) is 0 Å². The van der Waals surface area contributed by atoms with Crippen LogP contribution in [0, 0.1) is 11.6 Å². The van der Waals surface area contributed by atoms with Crippen LogP contribution in [0.25, 0.3) is 0 Å². The Labute approximate surface area is 74.3 Å². The van der Waals surface area contributed by atoms with E-state index in [1.165, 1.54) is 6.07 Å². The van der Waals surface area contributed by atoms with Crippen LogP contribution in [-0.4, -0.2) is 7.05 Å². The highest BCUT2D eigenvalue weighted by molar-refractivity contribution is 6.31. The molecule has 0 saturated carbocycles. The Hall–Kier alpha value is -0.670. The summed E-state index contributed by atoms with van der Waals surface area (Å²) in [4.78, 5) is 0. The van der Waals surface area contributed by atoms with Gasteiger partial charge in [-0.3, -0.25) is 0 Å². The van der Waals surface area contributed by atoms with Gasteiger partial charge in [0.15, 0.2) is 11.6 Å². The second-order valence-electron chi connectivity index (χ2n) is 2.35. The first kappa shape index (κ1) is 9.42. The zero-order chi connectivity index (χ0) is 9.14. The molecule has 0 aliphatic carbocycles. The summed E-state index contributed by atoms with van der Waals surface area (Å²) in [7, 11) is 1.64. The highest BCUT2D eigenvalue weighted by atomic mass is 35.5. The molecular formula is C8H8ClF2N. The van der Waals surface area contributed by atoms with E-state index in [0.29, 0.717) is 0 Å². The quantitative estimate of drug-likeness (QED) is 0.708. The minimum atomic E-state index is -0.878. The van der Waals surface area contributed by atoms with Gasteiger partial charge in [0, 0.05) is 17.1 Å². The third-order valence-electron chi connectivity index (χ3n) is 1.49. The average molecular weight is 192 g/mol. The second-order valence-corrected chi connectivity index (χ2v) is 2.76. The highest BCUT2D eigenvalue weighted by Crippen LogP contribution is 2.20. The topological polar surface area (TPSA) is 12.0 Å². The molecule has 66 valence electrons. The van der Waals surface area contributed by atoms with E-state index in [0.717, 1.165) is 6.07 Å². The Balaban J connectivity index is 3.14.